The summed E-state index contributed by atoms with van der Waals surface area (Å²) in [5.41, 5.74) is 4.50. The number of aromatic nitrogens is 2. The standard InChI is InChI=1S/C21H24N2O2/c1-4-5-6-19-21(24)20(16-9-7-15(2)8-10-16)22-23(19)17-11-13-18(25-3)14-12-17/h7-14,24H,4-6H2,1-3H3. The highest BCUT2D eigenvalue weighted by Gasteiger charge is 2.19. The summed E-state index contributed by atoms with van der Waals surface area (Å²) in [5, 5.41) is 15.5. The summed E-state index contributed by atoms with van der Waals surface area (Å²) < 4.78 is 7.08. The van der Waals surface area contributed by atoms with E-state index in [1.807, 2.05) is 60.1 Å². The number of rotatable bonds is 6. The molecule has 1 heterocycles. The van der Waals surface area contributed by atoms with Gasteiger partial charge in [-0.2, -0.15) is 5.10 Å². The first kappa shape index (κ1) is 17.1. The lowest BCUT2D eigenvalue weighted by atomic mass is 10.1. The number of nitrogens with zero attached hydrogens (tertiary/aromatic N) is 2. The van der Waals surface area contributed by atoms with Crippen LogP contribution in [0.2, 0.25) is 0 Å². The first-order valence-electron chi connectivity index (χ1n) is 8.66. The van der Waals surface area contributed by atoms with Gasteiger partial charge in [-0.3, -0.25) is 0 Å². The summed E-state index contributed by atoms with van der Waals surface area (Å²) >= 11 is 0. The molecule has 25 heavy (non-hydrogen) atoms. The van der Waals surface area contributed by atoms with Crippen LogP contribution < -0.4 is 4.74 Å². The molecule has 0 fully saturated rings. The molecule has 0 unspecified atom stereocenters. The molecule has 0 amide bonds. The molecular formula is C21H24N2O2. The lowest BCUT2D eigenvalue weighted by molar-refractivity contribution is 0.414. The predicted molar refractivity (Wildman–Crippen MR) is 101 cm³/mol. The molecule has 1 N–H and O–H groups in total. The third-order valence-corrected chi connectivity index (χ3v) is 4.36. The van der Waals surface area contributed by atoms with Crippen molar-refractivity contribution < 1.29 is 9.84 Å². The molecule has 4 nitrogen and oxygen atoms in total. The number of unbranched alkanes of at least 4 members (excludes halogenated alkanes) is 1. The fraction of sp³-hybridized carbons (Fsp3) is 0.286. The Morgan fingerprint density at radius 3 is 2.32 bits per heavy atom. The molecule has 0 saturated heterocycles. The summed E-state index contributed by atoms with van der Waals surface area (Å²) in [6.45, 7) is 4.19. The van der Waals surface area contributed by atoms with E-state index >= 15 is 0 Å². The molecule has 4 heteroatoms. The van der Waals surface area contributed by atoms with E-state index in [0.717, 1.165) is 42.0 Å². The Morgan fingerprint density at radius 1 is 1.04 bits per heavy atom. The molecule has 0 radical (unpaired) electrons. The minimum absolute atomic E-state index is 0.271. The molecule has 0 aliphatic heterocycles. The third-order valence-electron chi connectivity index (χ3n) is 4.36. The zero-order valence-electron chi connectivity index (χ0n) is 15.0. The van der Waals surface area contributed by atoms with Crippen molar-refractivity contribution in [3.8, 4) is 28.4 Å². The molecule has 3 aromatic rings. The average molecular weight is 336 g/mol. The highest BCUT2D eigenvalue weighted by Crippen LogP contribution is 2.34. The molecular weight excluding hydrogens is 312 g/mol. The van der Waals surface area contributed by atoms with E-state index in [-0.39, 0.29) is 5.75 Å². The van der Waals surface area contributed by atoms with E-state index < -0.39 is 0 Å². The maximum atomic E-state index is 10.8. The van der Waals surface area contributed by atoms with Gasteiger partial charge >= 0.3 is 0 Å². The number of aromatic hydroxyl groups is 1. The van der Waals surface area contributed by atoms with Crippen LogP contribution in [0.15, 0.2) is 48.5 Å². The van der Waals surface area contributed by atoms with Gasteiger partial charge in [0.15, 0.2) is 5.75 Å². The van der Waals surface area contributed by atoms with Crippen LogP contribution >= 0.6 is 0 Å². The second kappa shape index (κ2) is 7.43. The molecule has 0 saturated carbocycles. The monoisotopic (exact) mass is 336 g/mol. The van der Waals surface area contributed by atoms with Gasteiger partial charge in [0.1, 0.15) is 11.4 Å². The molecule has 0 atom stereocenters. The van der Waals surface area contributed by atoms with Gasteiger partial charge in [0.05, 0.1) is 18.5 Å². The van der Waals surface area contributed by atoms with Crippen LogP contribution in [0.1, 0.15) is 31.0 Å². The highest BCUT2D eigenvalue weighted by molar-refractivity contribution is 5.68. The number of hydrogen-bond acceptors (Lipinski definition) is 3. The van der Waals surface area contributed by atoms with Gasteiger partial charge in [-0.05, 0) is 44.0 Å². The molecule has 1 aromatic heterocycles. The van der Waals surface area contributed by atoms with Crippen LogP contribution in [0.4, 0.5) is 0 Å². The smallest absolute Gasteiger partial charge is 0.165 e. The van der Waals surface area contributed by atoms with E-state index in [4.69, 9.17) is 9.84 Å². The van der Waals surface area contributed by atoms with Crippen molar-refractivity contribution >= 4 is 0 Å². The Labute approximate surface area is 148 Å². The molecule has 0 bridgehead atoms. The van der Waals surface area contributed by atoms with Crippen molar-refractivity contribution in [2.75, 3.05) is 7.11 Å². The van der Waals surface area contributed by atoms with Crippen molar-refractivity contribution in [1.82, 2.24) is 9.78 Å². The summed E-state index contributed by atoms with van der Waals surface area (Å²) in [4.78, 5) is 0. The van der Waals surface area contributed by atoms with Gasteiger partial charge in [0, 0.05) is 5.56 Å². The van der Waals surface area contributed by atoms with E-state index in [2.05, 4.69) is 6.92 Å². The van der Waals surface area contributed by atoms with Crippen molar-refractivity contribution in [3.05, 3.63) is 59.8 Å². The van der Waals surface area contributed by atoms with Crippen molar-refractivity contribution in [2.24, 2.45) is 0 Å². The highest BCUT2D eigenvalue weighted by atomic mass is 16.5. The zero-order valence-corrected chi connectivity index (χ0v) is 15.0. The number of benzene rings is 2. The lowest BCUT2D eigenvalue weighted by Crippen LogP contribution is -2.02. The first-order valence-corrected chi connectivity index (χ1v) is 8.66. The van der Waals surface area contributed by atoms with Crippen LogP contribution in [0.25, 0.3) is 16.9 Å². The maximum Gasteiger partial charge on any atom is 0.165 e. The van der Waals surface area contributed by atoms with Crippen molar-refractivity contribution in [3.63, 3.8) is 0 Å². The second-order valence-electron chi connectivity index (χ2n) is 6.22. The molecule has 0 aliphatic carbocycles. The number of methoxy groups -OCH3 is 1. The van der Waals surface area contributed by atoms with Crippen LogP contribution in [-0.4, -0.2) is 22.0 Å². The molecule has 0 spiro atoms. The minimum atomic E-state index is 0.271. The van der Waals surface area contributed by atoms with Gasteiger partial charge in [0.25, 0.3) is 0 Å². The Hall–Kier alpha value is -2.75. The summed E-state index contributed by atoms with van der Waals surface area (Å²) in [7, 11) is 1.65. The summed E-state index contributed by atoms with van der Waals surface area (Å²) in [5.74, 6) is 1.07. The fourth-order valence-electron chi connectivity index (χ4n) is 2.86. The van der Waals surface area contributed by atoms with Gasteiger partial charge in [-0.25, -0.2) is 4.68 Å². The lowest BCUT2D eigenvalue weighted by Gasteiger charge is -2.08. The Kier molecular flexibility index (Phi) is 5.08. The normalized spacial score (nSPS) is 10.8. The Balaban J connectivity index is 2.08. The van der Waals surface area contributed by atoms with Crippen molar-refractivity contribution in [1.29, 1.82) is 0 Å². The Bertz CT molecular complexity index is 834. The minimum Gasteiger partial charge on any atom is -0.504 e. The van der Waals surface area contributed by atoms with Crippen molar-refractivity contribution in [2.45, 2.75) is 33.1 Å². The van der Waals surface area contributed by atoms with Gasteiger partial charge in [-0.15, -0.1) is 0 Å². The second-order valence-corrected chi connectivity index (χ2v) is 6.22. The average Bonchev–Trinajstić information content (AvgIpc) is 2.97. The first-order chi connectivity index (χ1) is 12.1. The maximum absolute atomic E-state index is 10.8. The number of hydrogen-bond donors (Lipinski definition) is 1. The zero-order chi connectivity index (χ0) is 17.8. The van der Waals surface area contributed by atoms with E-state index in [0.29, 0.717) is 5.69 Å². The van der Waals surface area contributed by atoms with Crippen LogP contribution in [0.3, 0.4) is 0 Å². The number of aryl methyl sites for hydroxylation is 1. The largest absolute Gasteiger partial charge is 0.504 e. The van der Waals surface area contributed by atoms with Gasteiger partial charge in [0.2, 0.25) is 0 Å². The van der Waals surface area contributed by atoms with E-state index in [1.54, 1.807) is 7.11 Å². The van der Waals surface area contributed by atoms with Gasteiger partial charge < -0.3 is 9.84 Å². The van der Waals surface area contributed by atoms with Gasteiger partial charge in [-0.1, -0.05) is 43.2 Å². The fourth-order valence-corrected chi connectivity index (χ4v) is 2.86. The predicted octanol–water partition coefficient (Wildman–Crippen LogP) is 4.90. The SMILES string of the molecule is CCCCc1c(O)c(-c2ccc(C)cc2)nn1-c1ccc(OC)cc1. The Morgan fingerprint density at radius 2 is 1.72 bits per heavy atom. The topological polar surface area (TPSA) is 47.3 Å². The van der Waals surface area contributed by atoms with E-state index in [9.17, 15) is 5.11 Å². The molecule has 3 rings (SSSR count). The number of ether oxygens (including phenoxy) is 1. The summed E-state index contributed by atoms with van der Waals surface area (Å²) in [6.07, 6.45) is 2.85. The molecule has 2 aromatic carbocycles. The molecule has 130 valence electrons. The quantitative estimate of drug-likeness (QED) is 0.696. The van der Waals surface area contributed by atoms with E-state index in [1.165, 1.54) is 5.56 Å². The molecule has 0 aliphatic rings. The third kappa shape index (κ3) is 3.53. The van der Waals surface area contributed by atoms with Crippen LogP contribution in [0.5, 0.6) is 11.5 Å². The summed E-state index contributed by atoms with van der Waals surface area (Å²) in [6, 6.07) is 15.8. The van der Waals surface area contributed by atoms with Crippen LogP contribution in [-0.2, 0) is 6.42 Å². The van der Waals surface area contributed by atoms with Crippen LogP contribution in [0, 0.1) is 6.92 Å².